The van der Waals surface area contributed by atoms with Crippen molar-refractivity contribution in [2.24, 2.45) is 0 Å². The van der Waals surface area contributed by atoms with E-state index in [1.165, 1.54) is 19.2 Å². The largest absolute Gasteiger partial charge is 0.492 e. The van der Waals surface area contributed by atoms with E-state index in [0.717, 1.165) is 6.07 Å². The number of amides is 2. The number of benzene rings is 1. The lowest BCUT2D eigenvalue weighted by atomic mass is 10.3. The Labute approximate surface area is 128 Å². The second kappa shape index (κ2) is 6.09. The molecule has 0 aromatic heterocycles. The molecule has 0 saturated carbocycles. The van der Waals surface area contributed by atoms with Gasteiger partial charge in [-0.25, -0.2) is 4.79 Å². The number of halogens is 4. The molecule has 0 aliphatic carbocycles. The van der Waals surface area contributed by atoms with Crippen LogP contribution in [0.2, 0.25) is 5.02 Å². The van der Waals surface area contributed by atoms with Gasteiger partial charge in [-0.2, -0.15) is 13.2 Å². The van der Waals surface area contributed by atoms with Crippen molar-refractivity contribution >= 4 is 17.6 Å². The first-order valence-electron chi connectivity index (χ1n) is 6.07. The van der Waals surface area contributed by atoms with Gasteiger partial charge >= 0.3 is 18.1 Å². The third-order valence-corrected chi connectivity index (χ3v) is 2.89. The lowest BCUT2D eigenvalue weighted by Gasteiger charge is -2.29. The quantitative estimate of drug-likeness (QED) is 0.825. The zero-order valence-corrected chi connectivity index (χ0v) is 12.0. The highest BCUT2D eigenvalue weighted by molar-refractivity contribution is 6.30. The van der Waals surface area contributed by atoms with Crippen molar-refractivity contribution in [3.63, 3.8) is 0 Å². The van der Waals surface area contributed by atoms with Gasteiger partial charge in [-0.05, 0) is 12.1 Å². The zero-order valence-electron chi connectivity index (χ0n) is 11.3. The number of ether oxygens (including phenoxy) is 3. The molecule has 0 radical (unpaired) electrons. The predicted octanol–water partition coefficient (Wildman–Crippen LogP) is 2.27. The van der Waals surface area contributed by atoms with Gasteiger partial charge in [-0.3, -0.25) is 5.32 Å². The van der Waals surface area contributed by atoms with E-state index in [2.05, 4.69) is 10.1 Å². The number of rotatable bonds is 4. The fraction of sp³-hybridized carbons (Fsp3) is 0.417. The van der Waals surface area contributed by atoms with Crippen LogP contribution in [-0.4, -0.2) is 38.4 Å². The van der Waals surface area contributed by atoms with Gasteiger partial charge in [0.15, 0.2) is 11.5 Å². The molecule has 1 aromatic rings. The maximum absolute atomic E-state index is 13.3. The zero-order chi connectivity index (χ0) is 16.4. The van der Waals surface area contributed by atoms with Gasteiger partial charge in [0, 0.05) is 24.7 Å². The Morgan fingerprint density at radius 2 is 2.05 bits per heavy atom. The van der Waals surface area contributed by atoms with Gasteiger partial charge in [0.05, 0.1) is 6.61 Å². The summed E-state index contributed by atoms with van der Waals surface area (Å²) in [4.78, 5) is 11.6. The Morgan fingerprint density at radius 3 is 2.68 bits per heavy atom. The van der Waals surface area contributed by atoms with Crippen molar-refractivity contribution in [2.75, 3.05) is 20.3 Å². The smallest absolute Gasteiger partial charge is 0.424 e. The van der Waals surface area contributed by atoms with Gasteiger partial charge in [-0.15, -0.1) is 0 Å². The number of fused-ring (bicyclic) bond motifs is 1. The summed E-state index contributed by atoms with van der Waals surface area (Å²) in [5.74, 6) is -3.71. The highest BCUT2D eigenvalue weighted by Crippen LogP contribution is 2.45. The number of methoxy groups -OCH3 is 1. The minimum absolute atomic E-state index is 0.0229. The van der Waals surface area contributed by atoms with Crippen molar-refractivity contribution in [3.05, 3.63) is 23.2 Å². The Bertz CT molecular complexity index is 570. The SMILES string of the molecule is COCCNC(=O)N[C@]1(C(F)(F)F)Oc2ccc(Cl)cc2O1. The summed E-state index contributed by atoms with van der Waals surface area (Å²) in [6.45, 7) is 0.166. The number of carbonyl (C=O) groups excluding carboxylic acids is 1. The van der Waals surface area contributed by atoms with Crippen LogP contribution in [0, 0.1) is 0 Å². The van der Waals surface area contributed by atoms with Crippen molar-refractivity contribution in [1.29, 1.82) is 0 Å². The van der Waals surface area contributed by atoms with Crippen molar-refractivity contribution in [1.82, 2.24) is 10.6 Å². The molecule has 0 unspecified atom stereocenters. The molecule has 0 bridgehead atoms. The van der Waals surface area contributed by atoms with E-state index < -0.39 is 18.1 Å². The van der Waals surface area contributed by atoms with Crippen LogP contribution < -0.4 is 20.1 Å². The maximum atomic E-state index is 13.3. The minimum atomic E-state index is -5.02. The Kier molecular flexibility index (Phi) is 4.57. The Morgan fingerprint density at radius 1 is 1.36 bits per heavy atom. The average Bonchev–Trinajstić information content (AvgIpc) is 2.77. The molecule has 0 saturated heterocycles. The molecule has 1 heterocycles. The lowest BCUT2D eigenvalue weighted by Crippen LogP contribution is -2.66. The van der Waals surface area contributed by atoms with E-state index in [-0.39, 0.29) is 29.7 Å². The topological polar surface area (TPSA) is 68.8 Å². The summed E-state index contributed by atoms with van der Waals surface area (Å²) >= 11 is 5.69. The summed E-state index contributed by atoms with van der Waals surface area (Å²) in [5.41, 5.74) is 0. The molecule has 6 nitrogen and oxygen atoms in total. The monoisotopic (exact) mass is 340 g/mol. The molecule has 122 valence electrons. The summed E-state index contributed by atoms with van der Waals surface area (Å²) < 4.78 is 54.1. The van der Waals surface area contributed by atoms with Crippen molar-refractivity contribution in [3.8, 4) is 11.5 Å². The first kappa shape index (κ1) is 16.5. The molecule has 1 atom stereocenters. The molecular formula is C12H12ClF3N2O4. The van der Waals surface area contributed by atoms with E-state index in [1.54, 1.807) is 5.32 Å². The van der Waals surface area contributed by atoms with E-state index >= 15 is 0 Å². The van der Waals surface area contributed by atoms with Gasteiger partial charge in [0.1, 0.15) is 0 Å². The molecule has 2 N–H and O–H groups in total. The fourth-order valence-corrected chi connectivity index (χ4v) is 1.84. The van der Waals surface area contributed by atoms with Crippen LogP contribution in [0.15, 0.2) is 18.2 Å². The second-order valence-corrected chi connectivity index (χ2v) is 4.72. The molecule has 2 rings (SSSR count). The van der Waals surface area contributed by atoms with E-state index in [4.69, 9.17) is 21.1 Å². The van der Waals surface area contributed by atoms with Crippen molar-refractivity contribution < 1.29 is 32.2 Å². The fourth-order valence-electron chi connectivity index (χ4n) is 1.67. The summed E-state index contributed by atoms with van der Waals surface area (Å²) in [6.07, 6.45) is -5.02. The summed E-state index contributed by atoms with van der Waals surface area (Å²) in [7, 11) is 1.39. The van der Waals surface area contributed by atoms with Gasteiger partial charge < -0.3 is 19.5 Å². The van der Waals surface area contributed by atoms with Crippen LogP contribution >= 0.6 is 11.6 Å². The molecular weight excluding hydrogens is 329 g/mol. The molecule has 1 aliphatic heterocycles. The summed E-state index contributed by atoms with van der Waals surface area (Å²) in [6, 6.07) is 2.60. The van der Waals surface area contributed by atoms with Crippen LogP contribution in [0.25, 0.3) is 0 Å². The van der Waals surface area contributed by atoms with Crippen LogP contribution in [0.1, 0.15) is 0 Å². The number of hydrogen-bond acceptors (Lipinski definition) is 4. The molecule has 1 aliphatic rings. The predicted molar refractivity (Wildman–Crippen MR) is 69.9 cm³/mol. The minimum Gasteiger partial charge on any atom is -0.424 e. The first-order valence-corrected chi connectivity index (χ1v) is 6.44. The standard InChI is InChI=1S/C12H12ClF3N2O4/c1-20-5-4-17-10(19)18-12(11(14,15)16)21-8-3-2-7(13)6-9(8)22-12/h2-3,6H,4-5H2,1H3,(H2,17,18,19)/t12-/m1/s1. The maximum Gasteiger partial charge on any atom is 0.492 e. The number of hydrogen-bond donors (Lipinski definition) is 2. The van der Waals surface area contributed by atoms with E-state index in [1.807, 2.05) is 0 Å². The van der Waals surface area contributed by atoms with Crippen molar-refractivity contribution in [2.45, 2.75) is 12.1 Å². The average molecular weight is 341 g/mol. The van der Waals surface area contributed by atoms with Crippen LogP contribution in [-0.2, 0) is 4.74 Å². The van der Waals surface area contributed by atoms with Crippen LogP contribution in [0.3, 0.4) is 0 Å². The summed E-state index contributed by atoms with van der Waals surface area (Å²) in [5, 5.41) is 4.00. The number of carbonyl (C=O) groups is 1. The molecule has 0 spiro atoms. The second-order valence-electron chi connectivity index (χ2n) is 4.28. The third kappa shape index (κ3) is 3.30. The Hall–Kier alpha value is -1.87. The van der Waals surface area contributed by atoms with Gasteiger partial charge in [0.2, 0.25) is 0 Å². The van der Waals surface area contributed by atoms with Crippen LogP contribution in [0.5, 0.6) is 11.5 Å². The number of alkyl halides is 3. The molecule has 22 heavy (non-hydrogen) atoms. The van der Waals surface area contributed by atoms with E-state index in [9.17, 15) is 18.0 Å². The Balaban J connectivity index is 2.17. The normalized spacial score (nSPS) is 19.9. The molecule has 1 aromatic carbocycles. The molecule has 0 fully saturated rings. The number of nitrogens with one attached hydrogen (secondary N) is 2. The van der Waals surface area contributed by atoms with Gasteiger partial charge in [0.25, 0.3) is 0 Å². The van der Waals surface area contributed by atoms with Gasteiger partial charge in [-0.1, -0.05) is 11.6 Å². The molecule has 2 amide bonds. The first-order chi connectivity index (χ1) is 10.3. The highest BCUT2D eigenvalue weighted by atomic mass is 35.5. The highest BCUT2D eigenvalue weighted by Gasteiger charge is 2.65. The number of urea groups is 1. The van der Waals surface area contributed by atoms with E-state index in [0.29, 0.717) is 0 Å². The third-order valence-electron chi connectivity index (χ3n) is 2.66. The lowest BCUT2D eigenvalue weighted by molar-refractivity contribution is -0.317. The molecule has 10 heteroatoms. The van der Waals surface area contributed by atoms with Crippen LogP contribution in [0.4, 0.5) is 18.0 Å².